The third kappa shape index (κ3) is 9.36. The van der Waals surface area contributed by atoms with Crippen LogP contribution in [0.25, 0.3) is 0 Å². The number of aliphatic imine (C=N–C) groups is 1. The first-order valence-corrected chi connectivity index (χ1v) is 9.54. The van der Waals surface area contributed by atoms with Crippen molar-refractivity contribution in [2.24, 2.45) is 4.99 Å². The molecule has 0 unspecified atom stereocenters. The Bertz CT molecular complexity index is 741. The normalized spacial score (nSPS) is 10.8. The lowest BCUT2D eigenvalue weighted by Gasteiger charge is -2.14. The summed E-state index contributed by atoms with van der Waals surface area (Å²) in [5.41, 5.74) is 2.31. The summed E-state index contributed by atoms with van der Waals surface area (Å²) in [4.78, 5) is 4.29. The van der Waals surface area contributed by atoms with Gasteiger partial charge in [-0.15, -0.1) is 24.0 Å². The minimum Gasteiger partial charge on any atom is -0.496 e. The number of para-hydroxylation sites is 1. The van der Waals surface area contributed by atoms with Crippen LogP contribution in [0.1, 0.15) is 17.5 Å². The number of halogens is 1. The molecule has 0 heterocycles. The number of nitrogens with zero attached hydrogens (tertiary/aromatic N) is 1. The van der Waals surface area contributed by atoms with E-state index in [0.717, 1.165) is 42.4 Å². The van der Waals surface area contributed by atoms with Gasteiger partial charge in [0.15, 0.2) is 5.96 Å². The summed E-state index contributed by atoms with van der Waals surface area (Å²) in [6, 6.07) is 16.1. The first kappa shape index (κ1) is 25.0. The third-order valence-corrected chi connectivity index (χ3v) is 4.22. The van der Waals surface area contributed by atoms with Crippen molar-refractivity contribution in [3.63, 3.8) is 0 Å². The van der Waals surface area contributed by atoms with Crippen LogP contribution >= 0.6 is 24.0 Å². The number of nitrogens with one attached hydrogen (secondary N) is 2. The van der Waals surface area contributed by atoms with Gasteiger partial charge in [-0.3, -0.25) is 4.99 Å². The highest BCUT2D eigenvalue weighted by atomic mass is 127. The molecule has 0 atom stereocenters. The van der Waals surface area contributed by atoms with Crippen LogP contribution < -0.4 is 20.1 Å². The fourth-order valence-electron chi connectivity index (χ4n) is 2.77. The molecule has 2 aromatic rings. The monoisotopic (exact) mass is 513 g/mol. The van der Waals surface area contributed by atoms with Gasteiger partial charge in [0.05, 0.1) is 13.7 Å². The average Bonchev–Trinajstić information content (AvgIpc) is 2.74. The highest BCUT2D eigenvalue weighted by molar-refractivity contribution is 14.0. The molecule has 0 spiro atoms. The van der Waals surface area contributed by atoms with Gasteiger partial charge in [0.2, 0.25) is 0 Å². The van der Waals surface area contributed by atoms with E-state index in [1.165, 1.54) is 5.56 Å². The lowest BCUT2D eigenvalue weighted by atomic mass is 10.1. The van der Waals surface area contributed by atoms with E-state index in [9.17, 15) is 0 Å². The zero-order chi connectivity index (χ0) is 20.0. The molecule has 0 radical (unpaired) electrons. The van der Waals surface area contributed by atoms with Crippen molar-refractivity contribution in [2.45, 2.75) is 19.4 Å². The smallest absolute Gasteiger partial charge is 0.191 e. The number of hydrogen-bond acceptors (Lipinski definition) is 4. The van der Waals surface area contributed by atoms with Gasteiger partial charge in [-0.1, -0.05) is 30.3 Å². The molecule has 0 aliphatic rings. The Morgan fingerprint density at radius 2 is 1.83 bits per heavy atom. The minimum atomic E-state index is 0. The number of rotatable bonds is 11. The van der Waals surface area contributed by atoms with Crippen LogP contribution in [0.3, 0.4) is 0 Å². The van der Waals surface area contributed by atoms with E-state index in [-0.39, 0.29) is 24.0 Å². The zero-order valence-corrected chi connectivity index (χ0v) is 19.8. The minimum absolute atomic E-state index is 0. The molecule has 0 amide bonds. The molecular weight excluding hydrogens is 481 g/mol. The molecule has 160 valence electrons. The Morgan fingerprint density at radius 3 is 2.59 bits per heavy atom. The highest BCUT2D eigenvalue weighted by Gasteiger charge is 2.03. The topological polar surface area (TPSA) is 64.1 Å². The largest absolute Gasteiger partial charge is 0.496 e. The van der Waals surface area contributed by atoms with Crippen LogP contribution in [0.2, 0.25) is 0 Å². The van der Waals surface area contributed by atoms with Gasteiger partial charge in [-0.25, -0.2) is 0 Å². The van der Waals surface area contributed by atoms with Crippen LogP contribution in [0.4, 0.5) is 0 Å². The number of benzene rings is 2. The molecule has 0 saturated heterocycles. The molecule has 0 aromatic heterocycles. The highest BCUT2D eigenvalue weighted by Crippen LogP contribution is 2.17. The first-order valence-electron chi connectivity index (χ1n) is 9.54. The van der Waals surface area contributed by atoms with Gasteiger partial charge in [-0.2, -0.15) is 0 Å². The maximum atomic E-state index is 5.75. The fourth-order valence-corrected chi connectivity index (χ4v) is 2.77. The lowest BCUT2D eigenvalue weighted by molar-refractivity contribution is 0.172. The van der Waals surface area contributed by atoms with Crippen LogP contribution in [0, 0.1) is 0 Å². The van der Waals surface area contributed by atoms with E-state index >= 15 is 0 Å². The van der Waals surface area contributed by atoms with Crippen LogP contribution in [0.5, 0.6) is 11.5 Å². The Balaban J connectivity index is 0.00000420. The number of hydrogen-bond donors (Lipinski definition) is 2. The van der Waals surface area contributed by atoms with Crippen LogP contribution in [-0.4, -0.2) is 47.0 Å². The molecule has 0 aliphatic carbocycles. The first-order chi connectivity index (χ1) is 13.8. The van der Waals surface area contributed by atoms with Crippen molar-refractivity contribution < 1.29 is 14.2 Å². The molecular formula is C22H32IN3O3. The predicted octanol–water partition coefficient (Wildman–Crippen LogP) is 3.64. The molecule has 29 heavy (non-hydrogen) atoms. The van der Waals surface area contributed by atoms with E-state index in [1.54, 1.807) is 21.3 Å². The van der Waals surface area contributed by atoms with Gasteiger partial charge >= 0.3 is 0 Å². The van der Waals surface area contributed by atoms with Gasteiger partial charge < -0.3 is 24.8 Å². The summed E-state index contributed by atoms with van der Waals surface area (Å²) in [7, 11) is 5.17. The average molecular weight is 513 g/mol. The maximum absolute atomic E-state index is 5.75. The second-order valence-electron chi connectivity index (χ2n) is 6.26. The molecule has 2 aromatic carbocycles. The van der Waals surface area contributed by atoms with Crippen LogP contribution in [-0.2, 0) is 17.7 Å². The molecule has 2 rings (SSSR count). The van der Waals surface area contributed by atoms with Gasteiger partial charge in [0, 0.05) is 40.3 Å². The van der Waals surface area contributed by atoms with Gasteiger partial charge in [0.1, 0.15) is 11.5 Å². The Labute approximate surface area is 191 Å². The summed E-state index contributed by atoms with van der Waals surface area (Å²) in [6.45, 7) is 2.79. The van der Waals surface area contributed by atoms with Crippen molar-refractivity contribution in [1.82, 2.24) is 10.6 Å². The van der Waals surface area contributed by atoms with E-state index in [4.69, 9.17) is 14.2 Å². The van der Waals surface area contributed by atoms with Crippen LogP contribution in [0.15, 0.2) is 53.5 Å². The standard InChI is InChI=1S/C22H31N3O3.HI/c1-23-22(24-13-12-19-9-4-5-11-21(19)27-3)25-17-18-8-6-10-20(16-18)28-15-7-14-26-2;/h4-6,8-11,16H,7,12-15,17H2,1-3H3,(H2,23,24,25);1H. The second kappa shape index (κ2) is 14.9. The van der Waals surface area contributed by atoms with Crippen molar-refractivity contribution >= 4 is 29.9 Å². The Kier molecular flexibility index (Phi) is 12.9. The molecule has 2 N–H and O–H groups in total. The number of guanidine groups is 1. The lowest BCUT2D eigenvalue weighted by Crippen LogP contribution is -2.37. The fraction of sp³-hybridized carbons (Fsp3) is 0.409. The third-order valence-electron chi connectivity index (χ3n) is 4.22. The zero-order valence-electron chi connectivity index (χ0n) is 17.4. The number of methoxy groups -OCH3 is 2. The van der Waals surface area contributed by atoms with E-state index in [2.05, 4.69) is 27.8 Å². The van der Waals surface area contributed by atoms with E-state index in [0.29, 0.717) is 19.8 Å². The SMILES string of the molecule is CN=C(NCCc1ccccc1OC)NCc1cccc(OCCCOC)c1.I. The molecule has 6 nitrogen and oxygen atoms in total. The molecule has 0 fully saturated rings. The Morgan fingerprint density at radius 1 is 1.00 bits per heavy atom. The van der Waals surface area contributed by atoms with Crippen molar-refractivity contribution in [2.75, 3.05) is 41.0 Å². The Hall–Kier alpha value is -2.00. The van der Waals surface area contributed by atoms with Crippen molar-refractivity contribution in [3.8, 4) is 11.5 Å². The van der Waals surface area contributed by atoms with E-state index in [1.807, 2.05) is 36.4 Å². The van der Waals surface area contributed by atoms with Crippen molar-refractivity contribution in [3.05, 3.63) is 59.7 Å². The molecule has 0 saturated carbocycles. The summed E-state index contributed by atoms with van der Waals surface area (Å²) in [5.74, 6) is 2.55. The molecule has 0 aliphatic heterocycles. The van der Waals surface area contributed by atoms with Gasteiger partial charge in [0.25, 0.3) is 0 Å². The summed E-state index contributed by atoms with van der Waals surface area (Å²) < 4.78 is 16.2. The summed E-state index contributed by atoms with van der Waals surface area (Å²) in [6.07, 6.45) is 1.73. The quantitative estimate of drug-likeness (QED) is 0.208. The predicted molar refractivity (Wildman–Crippen MR) is 129 cm³/mol. The summed E-state index contributed by atoms with van der Waals surface area (Å²) >= 11 is 0. The molecule has 0 bridgehead atoms. The number of ether oxygens (including phenoxy) is 3. The molecule has 7 heteroatoms. The van der Waals surface area contributed by atoms with Gasteiger partial charge in [-0.05, 0) is 35.7 Å². The van der Waals surface area contributed by atoms with Crippen molar-refractivity contribution in [1.29, 1.82) is 0 Å². The maximum Gasteiger partial charge on any atom is 0.191 e. The second-order valence-corrected chi connectivity index (χ2v) is 6.26. The summed E-state index contributed by atoms with van der Waals surface area (Å²) in [5, 5.41) is 6.68. The van der Waals surface area contributed by atoms with E-state index < -0.39 is 0 Å².